The molecule has 1 aromatic rings. The predicted molar refractivity (Wildman–Crippen MR) is 115 cm³/mol. The minimum atomic E-state index is 0. The number of nitrogens with zero attached hydrogens (tertiary/aromatic N) is 3. The van der Waals surface area contributed by atoms with Crippen molar-refractivity contribution in [2.24, 2.45) is 16.3 Å². The van der Waals surface area contributed by atoms with Gasteiger partial charge in [0.2, 0.25) is 0 Å². The highest BCUT2D eigenvalue weighted by molar-refractivity contribution is 14.0. The van der Waals surface area contributed by atoms with Gasteiger partial charge in [0, 0.05) is 31.9 Å². The molecule has 0 saturated heterocycles. The second kappa shape index (κ2) is 9.24. The van der Waals surface area contributed by atoms with Gasteiger partial charge in [-0.05, 0) is 70.3 Å². The number of nitrogens with one attached hydrogen (secondary N) is 2. The van der Waals surface area contributed by atoms with E-state index in [0.29, 0.717) is 5.41 Å². The third-order valence-corrected chi connectivity index (χ3v) is 5.63. The van der Waals surface area contributed by atoms with Crippen LogP contribution in [0.3, 0.4) is 0 Å². The van der Waals surface area contributed by atoms with E-state index in [1.54, 1.807) is 0 Å². The molecule has 2 fully saturated rings. The Morgan fingerprint density at radius 1 is 1.32 bits per heavy atom. The predicted octanol–water partition coefficient (Wildman–Crippen LogP) is 3.64. The van der Waals surface area contributed by atoms with Crippen molar-refractivity contribution in [2.75, 3.05) is 19.6 Å². The van der Waals surface area contributed by atoms with Crippen LogP contribution in [-0.4, -0.2) is 35.4 Å². The number of hydrogen-bond donors (Lipinski definition) is 2. The number of aromatic nitrogens is 2. The Balaban J connectivity index is 0.00000225. The van der Waals surface area contributed by atoms with Crippen LogP contribution < -0.4 is 10.6 Å². The number of halogens is 1. The summed E-state index contributed by atoms with van der Waals surface area (Å²) in [5.74, 6) is 1.95. The fourth-order valence-corrected chi connectivity index (χ4v) is 3.94. The normalized spacial score (nSPS) is 19.1. The summed E-state index contributed by atoms with van der Waals surface area (Å²) < 4.78 is 2.09. The molecule has 1 aromatic heterocycles. The highest BCUT2D eigenvalue weighted by Gasteiger charge is 2.48. The van der Waals surface area contributed by atoms with E-state index in [9.17, 15) is 0 Å². The average molecular weight is 459 g/mol. The van der Waals surface area contributed by atoms with Gasteiger partial charge in [-0.25, -0.2) is 0 Å². The van der Waals surface area contributed by atoms with Gasteiger partial charge < -0.3 is 10.6 Å². The quantitative estimate of drug-likeness (QED) is 0.270. The fourth-order valence-electron chi connectivity index (χ4n) is 3.94. The van der Waals surface area contributed by atoms with Crippen LogP contribution in [0.15, 0.2) is 11.1 Å². The van der Waals surface area contributed by atoms with Crippen molar-refractivity contribution >= 4 is 29.9 Å². The molecule has 142 valence electrons. The summed E-state index contributed by atoms with van der Waals surface area (Å²) in [7, 11) is 0. The minimum absolute atomic E-state index is 0. The molecule has 0 unspecified atom stereocenters. The fraction of sp³-hybridized carbons (Fsp3) is 0.789. The van der Waals surface area contributed by atoms with Crippen LogP contribution in [0.25, 0.3) is 0 Å². The highest BCUT2D eigenvalue weighted by Crippen LogP contribution is 2.57. The summed E-state index contributed by atoms with van der Waals surface area (Å²) in [6.45, 7) is 10.1. The van der Waals surface area contributed by atoms with Crippen molar-refractivity contribution < 1.29 is 0 Å². The van der Waals surface area contributed by atoms with E-state index in [1.807, 2.05) is 6.92 Å². The van der Waals surface area contributed by atoms with Crippen molar-refractivity contribution in [2.45, 2.75) is 65.8 Å². The van der Waals surface area contributed by atoms with Gasteiger partial charge in [0.1, 0.15) is 0 Å². The van der Waals surface area contributed by atoms with E-state index in [2.05, 4.69) is 40.3 Å². The lowest BCUT2D eigenvalue weighted by Gasteiger charge is -2.41. The molecule has 0 aromatic carbocycles. The lowest BCUT2D eigenvalue weighted by Crippen LogP contribution is -2.41. The Morgan fingerprint density at radius 3 is 2.60 bits per heavy atom. The largest absolute Gasteiger partial charge is 0.357 e. The zero-order valence-corrected chi connectivity index (χ0v) is 18.3. The van der Waals surface area contributed by atoms with Gasteiger partial charge in [-0.15, -0.1) is 24.0 Å². The molecule has 0 atom stereocenters. The molecule has 3 rings (SSSR count). The van der Waals surface area contributed by atoms with Gasteiger partial charge in [-0.3, -0.25) is 9.67 Å². The maximum atomic E-state index is 4.91. The van der Waals surface area contributed by atoms with Crippen LogP contribution >= 0.6 is 24.0 Å². The van der Waals surface area contributed by atoms with E-state index < -0.39 is 0 Å². The topological polar surface area (TPSA) is 54.2 Å². The highest BCUT2D eigenvalue weighted by atomic mass is 127. The maximum absolute atomic E-state index is 4.91. The molecular weight excluding hydrogens is 425 g/mol. The molecular formula is C19H34IN5. The summed E-state index contributed by atoms with van der Waals surface area (Å²) in [6.07, 6.45) is 8.10. The van der Waals surface area contributed by atoms with Crippen LogP contribution in [-0.2, 0) is 6.54 Å². The van der Waals surface area contributed by atoms with Crippen molar-refractivity contribution in [3.05, 3.63) is 17.5 Å². The molecule has 1 heterocycles. The third kappa shape index (κ3) is 5.34. The van der Waals surface area contributed by atoms with E-state index in [0.717, 1.165) is 50.2 Å². The summed E-state index contributed by atoms with van der Waals surface area (Å²) in [5, 5.41) is 11.4. The zero-order valence-electron chi connectivity index (χ0n) is 16.0. The lowest BCUT2D eigenvalue weighted by molar-refractivity contribution is 0.113. The van der Waals surface area contributed by atoms with Gasteiger partial charge in [-0.2, -0.15) is 5.10 Å². The Morgan fingerprint density at radius 2 is 2.08 bits per heavy atom. The Labute approximate surface area is 169 Å². The molecule has 0 bridgehead atoms. The molecule has 0 amide bonds. The van der Waals surface area contributed by atoms with Crippen molar-refractivity contribution in [1.29, 1.82) is 0 Å². The minimum Gasteiger partial charge on any atom is -0.357 e. The summed E-state index contributed by atoms with van der Waals surface area (Å²) in [6, 6.07) is 2.13. The van der Waals surface area contributed by atoms with Crippen molar-refractivity contribution in [3.8, 4) is 0 Å². The van der Waals surface area contributed by atoms with Crippen LogP contribution in [0.2, 0.25) is 0 Å². The Bertz CT molecular complexity index is 572. The summed E-state index contributed by atoms with van der Waals surface area (Å²) >= 11 is 0. The van der Waals surface area contributed by atoms with Gasteiger partial charge in [0.25, 0.3) is 0 Å². The summed E-state index contributed by atoms with van der Waals surface area (Å²) in [4.78, 5) is 4.91. The van der Waals surface area contributed by atoms with Gasteiger partial charge in [0.15, 0.2) is 5.96 Å². The number of aryl methyl sites for hydroxylation is 3. The molecule has 25 heavy (non-hydrogen) atoms. The monoisotopic (exact) mass is 459 g/mol. The molecule has 6 heteroatoms. The first kappa shape index (κ1) is 20.5. The van der Waals surface area contributed by atoms with Gasteiger partial charge >= 0.3 is 0 Å². The van der Waals surface area contributed by atoms with Crippen LogP contribution in [0.4, 0.5) is 0 Å². The molecule has 5 nitrogen and oxygen atoms in total. The number of rotatable bonds is 8. The van der Waals surface area contributed by atoms with Gasteiger partial charge in [0.05, 0.1) is 5.69 Å². The number of guanidine groups is 1. The van der Waals surface area contributed by atoms with Gasteiger partial charge in [-0.1, -0.05) is 6.42 Å². The maximum Gasteiger partial charge on any atom is 0.191 e. The van der Waals surface area contributed by atoms with Crippen molar-refractivity contribution in [3.63, 3.8) is 0 Å². The van der Waals surface area contributed by atoms with E-state index >= 15 is 0 Å². The van der Waals surface area contributed by atoms with E-state index in [1.165, 1.54) is 37.8 Å². The number of aliphatic imine (C=N–C) groups is 1. The Kier molecular flexibility index (Phi) is 7.58. The second-order valence-corrected chi connectivity index (χ2v) is 7.62. The summed E-state index contributed by atoms with van der Waals surface area (Å²) in [5.41, 5.74) is 2.89. The first-order valence-corrected chi connectivity index (χ1v) is 9.66. The molecule has 2 aliphatic carbocycles. The lowest BCUT2D eigenvalue weighted by atomic mass is 9.65. The smallest absolute Gasteiger partial charge is 0.191 e. The van der Waals surface area contributed by atoms with Crippen LogP contribution in [0.1, 0.15) is 56.8 Å². The molecule has 0 aliphatic heterocycles. The molecule has 0 spiro atoms. The molecule has 0 radical (unpaired) electrons. The third-order valence-electron chi connectivity index (χ3n) is 5.63. The standard InChI is InChI=1S/C19H33N5.HI/c1-4-20-18(22-14-19(9-5-10-19)17-7-8-17)21-11-6-12-24-16(3)13-15(2)23-24;/h13,17H,4-12,14H2,1-3H3,(H2,20,21,22);1H. The molecule has 2 aliphatic rings. The first-order chi connectivity index (χ1) is 11.6. The zero-order chi connectivity index (χ0) is 17.0. The number of hydrogen-bond acceptors (Lipinski definition) is 2. The van der Waals surface area contributed by atoms with Crippen LogP contribution in [0.5, 0.6) is 0 Å². The van der Waals surface area contributed by atoms with E-state index in [4.69, 9.17) is 4.99 Å². The van der Waals surface area contributed by atoms with E-state index in [-0.39, 0.29) is 24.0 Å². The average Bonchev–Trinajstić information content (AvgIpc) is 3.29. The first-order valence-electron chi connectivity index (χ1n) is 9.66. The SMILES string of the molecule is CCNC(=NCC1(C2CC2)CCC1)NCCCn1nc(C)cc1C.I. The van der Waals surface area contributed by atoms with Crippen molar-refractivity contribution in [1.82, 2.24) is 20.4 Å². The Hall–Kier alpha value is -0.790. The van der Waals surface area contributed by atoms with Crippen LogP contribution in [0, 0.1) is 25.2 Å². The molecule has 2 saturated carbocycles. The second-order valence-electron chi connectivity index (χ2n) is 7.62. The molecule has 2 N–H and O–H groups in total.